The topological polar surface area (TPSA) is 92.9 Å². The maximum atomic E-state index is 12.9. The number of halogens is 5. The molecular formula is C15H12F5N5O2S. The van der Waals surface area contributed by atoms with Crippen LogP contribution >= 0.6 is 10.2 Å². The van der Waals surface area contributed by atoms with Gasteiger partial charge in [-0.3, -0.25) is 10.0 Å². The van der Waals surface area contributed by atoms with E-state index in [0.717, 1.165) is 16.9 Å². The van der Waals surface area contributed by atoms with Crippen molar-refractivity contribution in [2.75, 3.05) is 0 Å². The number of nitrogens with zero attached hydrogens (tertiary/aromatic N) is 4. The Morgan fingerprint density at radius 1 is 1.07 bits per heavy atom. The third-order valence-corrected chi connectivity index (χ3v) is 4.78. The van der Waals surface area contributed by atoms with Crippen LogP contribution < -0.4 is 5.48 Å². The van der Waals surface area contributed by atoms with Gasteiger partial charge in [0.15, 0.2) is 0 Å². The summed E-state index contributed by atoms with van der Waals surface area (Å²) in [7, 11) is -9.82. The van der Waals surface area contributed by atoms with Crippen molar-refractivity contribution in [3.63, 3.8) is 0 Å². The summed E-state index contributed by atoms with van der Waals surface area (Å²) in [5, 5.41) is 19.7. The van der Waals surface area contributed by atoms with Gasteiger partial charge in [0.1, 0.15) is 4.90 Å². The second kappa shape index (κ2) is 5.97. The van der Waals surface area contributed by atoms with Crippen molar-refractivity contribution in [2.24, 2.45) is 0 Å². The number of hydrogen-bond acceptors (Lipinski definition) is 5. The highest BCUT2D eigenvalue weighted by atomic mass is 32.5. The first-order valence-electron chi connectivity index (χ1n) is 7.51. The summed E-state index contributed by atoms with van der Waals surface area (Å²) in [6.45, 7) is 0.0648. The van der Waals surface area contributed by atoms with Crippen LogP contribution in [0.3, 0.4) is 0 Å². The average molecular weight is 421 g/mol. The van der Waals surface area contributed by atoms with E-state index >= 15 is 0 Å². The molecule has 0 atom stereocenters. The fourth-order valence-electron chi connectivity index (χ4n) is 2.29. The van der Waals surface area contributed by atoms with Crippen LogP contribution in [0.2, 0.25) is 0 Å². The molecule has 0 bridgehead atoms. The van der Waals surface area contributed by atoms with Gasteiger partial charge >= 0.3 is 10.2 Å². The van der Waals surface area contributed by atoms with Gasteiger partial charge in [0.2, 0.25) is 5.82 Å². The van der Waals surface area contributed by atoms with Crippen molar-refractivity contribution in [3.05, 3.63) is 59.7 Å². The summed E-state index contributed by atoms with van der Waals surface area (Å²) in [5.41, 5.74) is 2.05. The largest absolute Gasteiger partial charge is 0.310 e. The average Bonchev–Trinajstić information content (AvgIpc) is 3.08. The maximum Gasteiger partial charge on any atom is 0.310 e. The van der Waals surface area contributed by atoms with Crippen molar-refractivity contribution in [2.45, 2.75) is 11.4 Å². The van der Waals surface area contributed by atoms with Crippen molar-refractivity contribution in [1.29, 1.82) is 0 Å². The zero-order valence-electron chi connectivity index (χ0n) is 13.8. The van der Waals surface area contributed by atoms with Crippen LogP contribution in [0.1, 0.15) is 15.9 Å². The summed E-state index contributed by atoms with van der Waals surface area (Å²) < 4.78 is 64.7. The lowest BCUT2D eigenvalue weighted by Crippen LogP contribution is -2.18. The molecule has 0 saturated heterocycles. The Morgan fingerprint density at radius 3 is 2.36 bits per heavy atom. The molecule has 0 aliphatic rings. The van der Waals surface area contributed by atoms with Crippen molar-refractivity contribution in [1.82, 2.24) is 25.7 Å². The van der Waals surface area contributed by atoms with Gasteiger partial charge in [-0.1, -0.05) is 43.7 Å². The molecule has 0 unspecified atom stereocenters. The van der Waals surface area contributed by atoms with Crippen molar-refractivity contribution < 1.29 is 29.4 Å². The first-order chi connectivity index (χ1) is 12.9. The van der Waals surface area contributed by atoms with E-state index in [0.29, 0.717) is 11.6 Å². The molecule has 2 aromatic carbocycles. The molecule has 1 heterocycles. The van der Waals surface area contributed by atoms with E-state index in [2.05, 4.69) is 15.4 Å². The standard InChI is InChI=1S/C15H12F5N5O2S/c16-28(17,18,19,20)13-3-1-2-12(8-13)14-21-24-25(22-14)9-10-4-6-11(7-5-10)15(26)23-27/h1-8,27H,9H2,(H,23,26). The van der Waals surface area contributed by atoms with Crippen molar-refractivity contribution >= 4 is 16.1 Å². The van der Waals surface area contributed by atoms with E-state index in [1.54, 1.807) is 12.1 Å². The molecule has 0 saturated carbocycles. The Balaban J connectivity index is 1.83. The molecule has 0 radical (unpaired) electrons. The van der Waals surface area contributed by atoms with Gasteiger partial charge in [0.05, 0.1) is 6.54 Å². The number of tetrazole rings is 1. The Bertz CT molecular complexity index is 1040. The van der Waals surface area contributed by atoms with E-state index < -0.39 is 21.0 Å². The van der Waals surface area contributed by atoms with Crippen LogP contribution in [0.5, 0.6) is 0 Å². The number of nitrogens with one attached hydrogen (secondary N) is 1. The van der Waals surface area contributed by atoms with Crippen LogP contribution in [-0.2, 0) is 6.54 Å². The molecule has 0 aliphatic carbocycles. The summed E-state index contributed by atoms with van der Waals surface area (Å²) in [5.74, 6) is -0.948. The lowest BCUT2D eigenvalue weighted by atomic mass is 10.1. The Hall–Kier alpha value is -3.06. The van der Waals surface area contributed by atoms with Gasteiger partial charge in [-0.2, -0.15) is 4.80 Å². The molecule has 0 fully saturated rings. The molecule has 0 spiro atoms. The number of hydrogen-bond donors (Lipinski definition) is 2. The second-order valence-electron chi connectivity index (χ2n) is 5.78. The Kier molecular flexibility index (Phi) is 4.20. The third kappa shape index (κ3) is 4.43. The fraction of sp³-hybridized carbons (Fsp3) is 0.0667. The van der Waals surface area contributed by atoms with E-state index in [4.69, 9.17) is 5.21 Å². The summed E-state index contributed by atoms with van der Waals surface area (Å²) in [6.07, 6.45) is 0. The quantitative estimate of drug-likeness (QED) is 0.367. The van der Waals surface area contributed by atoms with E-state index in [1.807, 2.05) is 0 Å². The molecule has 1 amide bonds. The zero-order chi connectivity index (χ0) is 20.6. The summed E-state index contributed by atoms with van der Waals surface area (Å²) in [6, 6.07) is 8.52. The zero-order valence-corrected chi connectivity index (χ0v) is 14.6. The molecule has 28 heavy (non-hydrogen) atoms. The molecule has 2 N–H and O–H groups in total. The smallest absolute Gasteiger partial charge is 0.288 e. The number of amides is 1. The first-order valence-corrected chi connectivity index (χ1v) is 9.46. The van der Waals surface area contributed by atoms with Gasteiger partial charge in [-0.15, -0.1) is 10.2 Å². The number of hydroxylamine groups is 1. The second-order valence-corrected chi connectivity index (χ2v) is 8.19. The Morgan fingerprint density at radius 2 is 1.75 bits per heavy atom. The van der Waals surface area contributed by atoms with Crippen LogP contribution in [-0.4, -0.2) is 31.3 Å². The van der Waals surface area contributed by atoms with Crippen LogP contribution in [0.15, 0.2) is 53.4 Å². The number of aromatic nitrogens is 4. The first kappa shape index (κ1) is 19.7. The normalized spacial score (nSPS) is 14.2. The fourth-order valence-corrected chi connectivity index (χ4v) is 2.98. The minimum Gasteiger partial charge on any atom is -0.288 e. The Labute approximate surface area is 154 Å². The molecule has 1 aromatic heterocycles. The number of carbonyl (C=O) groups excluding carboxylic acids is 1. The number of rotatable bonds is 5. The SMILES string of the molecule is O=C(NO)c1ccc(Cn2nnc(-c3cccc(S(F)(F)(F)(F)F)c3)n2)cc1. The highest BCUT2D eigenvalue weighted by Gasteiger charge is 2.65. The van der Waals surface area contributed by atoms with Gasteiger partial charge in [0, 0.05) is 11.1 Å². The van der Waals surface area contributed by atoms with E-state index in [-0.39, 0.29) is 29.6 Å². The minimum absolute atomic E-state index is 0.0648. The molecule has 7 nitrogen and oxygen atoms in total. The molecule has 150 valence electrons. The van der Waals surface area contributed by atoms with Gasteiger partial charge in [-0.05, 0) is 35.0 Å². The van der Waals surface area contributed by atoms with E-state index in [9.17, 15) is 24.2 Å². The summed E-state index contributed by atoms with van der Waals surface area (Å²) in [4.78, 5) is 10.3. The lowest BCUT2D eigenvalue weighted by molar-refractivity contribution is 0.0706. The monoisotopic (exact) mass is 421 g/mol. The molecule has 0 aliphatic heterocycles. The predicted molar refractivity (Wildman–Crippen MR) is 89.4 cm³/mol. The van der Waals surface area contributed by atoms with Gasteiger partial charge in [0.25, 0.3) is 5.91 Å². The maximum absolute atomic E-state index is 12.9. The third-order valence-electron chi connectivity index (χ3n) is 3.63. The number of benzene rings is 2. The number of carbonyl (C=O) groups is 1. The van der Waals surface area contributed by atoms with Crippen molar-refractivity contribution in [3.8, 4) is 11.4 Å². The molecular weight excluding hydrogens is 409 g/mol. The predicted octanol–water partition coefficient (Wildman–Crippen LogP) is 4.16. The van der Waals surface area contributed by atoms with Crippen LogP contribution in [0, 0.1) is 0 Å². The molecule has 13 heteroatoms. The van der Waals surface area contributed by atoms with Crippen LogP contribution in [0.4, 0.5) is 19.4 Å². The minimum atomic E-state index is -9.82. The lowest BCUT2D eigenvalue weighted by Gasteiger charge is -2.40. The highest BCUT2D eigenvalue weighted by Crippen LogP contribution is 3.02. The molecule has 3 aromatic rings. The van der Waals surface area contributed by atoms with Gasteiger partial charge < -0.3 is 0 Å². The van der Waals surface area contributed by atoms with E-state index in [1.165, 1.54) is 17.6 Å². The van der Waals surface area contributed by atoms with Gasteiger partial charge in [-0.25, -0.2) is 5.48 Å². The summed E-state index contributed by atoms with van der Waals surface area (Å²) >= 11 is 0. The highest BCUT2D eigenvalue weighted by molar-refractivity contribution is 8.45. The molecule has 3 rings (SSSR count). The van der Waals surface area contributed by atoms with Crippen LogP contribution in [0.25, 0.3) is 11.4 Å².